The third-order valence-electron chi connectivity index (χ3n) is 2.97. The third kappa shape index (κ3) is 4.60. The number of hydrogen-bond acceptors (Lipinski definition) is 2. The topological polar surface area (TPSA) is 78.4 Å². The monoisotopic (exact) mass is 284 g/mol. The molecule has 1 unspecified atom stereocenters. The van der Waals surface area contributed by atoms with Crippen molar-refractivity contribution in [2.75, 3.05) is 6.54 Å². The normalized spacial score (nSPS) is 15.5. The fourth-order valence-electron chi connectivity index (χ4n) is 1.88. The van der Waals surface area contributed by atoms with Gasteiger partial charge in [0.25, 0.3) is 0 Å². The van der Waals surface area contributed by atoms with Crippen molar-refractivity contribution in [1.29, 1.82) is 0 Å². The number of carbonyl (C=O) groups excluding carboxylic acids is 1. The second kappa shape index (κ2) is 5.66. The molecule has 0 aliphatic rings. The van der Waals surface area contributed by atoms with Crippen LogP contribution in [-0.4, -0.2) is 35.4 Å². The third-order valence-corrected chi connectivity index (χ3v) is 2.97. The zero-order valence-electron chi connectivity index (χ0n) is 11.3. The van der Waals surface area contributed by atoms with E-state index >= 15 is 0 Å². The molecule has 2 amide bonds. The van der Waals surface area contributed by atoms with Crippen molar-refractivity contribution >= 4 is 12.0 Å². The Morgan fingerprint density at radius 1 is 1.16 bits per heavy atom. The van der Waals surface area contributed by atoms with Crippen molar-refractivity contribution in [3.05, 3.63) is 0 Å². The Labute approximate surface area is 109 Å². The molecule has 0 fully saturated rings. The van der Waals surface area contributed by atoms with Gasteiger partial charge in [-0.2, -0.15) is 13.2 Å². The largest absolute Gasteiger partial charge is 0.465 e. The minimum absolute atomic E-state index is 0.0342. The first-order valence-corrected chi connectivity index (χ1v) is 5.72. The Morgan fingerprint density at radius 3 is 1.89 bits per heavy atom. The standard InChI is InChI=1S/C11H19F3N2O3/c1-5-10(9(2,3)4,16-8(18)19)7(17)15-6-11(12,13)14/h16H,5-6H2,1-4H3,(H,15,17)(H,18,19). The molecule has 0 aromatic rings. The quantitative estimate of drug-likeness (QED) is 0.740. The van der Waals surface area contributed by atoms with Gasteiger partial charge in [-0.15, -0.1) is 0 Å². The minimum atomic E-state index is -4.55. The number of hydrogen-bond donors (Lipinski definition) is 3. The predicted octanol–water partition coefficient (Wildman–Crippen LogP) is 2.13. The summed E-state index contributed by atoms with van der Waals surface area (Å²) in [5.74, 6) is -0.984. The Balaban J connectivity index is 5.24. The molecule has 5 nitrogen and oxygen atoms in total. The van der Waals surface area contributed by atoms with Gasteiger partial charge in [0.2, 0.25) is 5.91 Å². The first-order chi connectivity index (χ1) is 8.35. The van der Waals surface area contributed by atoms with E-state index in [-0.39, 0.29) is 6.42 Å². The van der Waals surface area contributed by atoms with Gasteiger partial charge in [0.05, 0.1) is 0 Å². The number of rotatable bonds is 4. The van der Waals surface area contributed by atoms with Crippen molar-refractivity contribution in [1.82, 2.24) is 10.6 Å². The molecule has 0 aromatic carbocycles. The maximum absolute atomic E-state index is 12.1. The Hall–Kier alpha value is -1.47. The van der Waals surface area contributed by atoms with Gasteiger partial charge in [-0.25, -0.2) is 4.79 Å². The number of nitrogens with one attached hydrogen (secondary N) is 2. The summed E-state index contributed by atoms with van der Waals surface area (Å²) in [6.45, 7) is 4.79. The summed E-state index contributed by atoms with van der Waals surface area (Å²) in [5, 5.41) is 12.6. The second-order valence-corrected chi connectivity index (χ2v) is 5.24. The lowest BCUT2D eigenvalue weighted by Crippen LogP contribution is -2.65. The summed E-state index contributed by atoms with van der Waals surface area (Å²) in [4.78, 5) is 22.8. The number of halogens is 3. The average molecular weight is 284 g/mol. The van der Waals surface area contributed by atoms with E-state index in [1.807, 2.05) is 0 Å². The molecule has 0 aliphatic carbocycles. The lowest BCUT2D eigenvalue weighted by atomic mass is 9.71. The molecular formula is C11H19F3N2O3. The van der Waals surface area contributed by atoms with E-state index in [0.29, 0.717) is 0 Å². The molecule has 19 heavy (non-hydrogen) atoms. The van der Waals surface area contributed by atoms with E-state index in [2.05, 4.69) is 5.32 Å². The molecule has 3 N–H and O–H groups in total. The Bertz CT molecular complexity index is 350. The highest BCUT2D eigenvalue weighted by atomic mass is 19.4. The molecule has 0 bridgehead atoms. The summed E-state index contributed by atoms with van der Waals surface area (Å²) >= 11 is 0. The maximum Gasteiger partial charge on any atom is 0.405 e. The van der Waals surface area contributed by atoms with Gasteiger partial charge < -0.3 is 15.7 Å². The fraction of sp³-hybridized carbons (Fsp3) is 0.818. The van der Waals surface area contributed by atoms with Crippen LogP contribution in [0.3, 0.4) is 0 Å². The SMILES string of the molecule is CCC(NC(=O)O)(C(=O)NCC(F)(F)F)C(C)(C)C. The van der Waals surface area contributed by atoms with Crippen LogP contribution in [-0.2, 0) is 4.79 Å². The molecule has 1 atom stereocenters. The summed E-state index contributed by atoms with van der Waals surface area (Å²) in [5.41, 5.74) is -2.50. The van der Waals surface area contributed by atoms with Crippen LogP contribution >= 0.6 is 0 Å². The summed E-state index contributed by atoms with van der Waals surface area (Å²) in [7, 11) is 0. The lowest BCUT2D eigenvalue weighted by molar-refractivity contribution is -0.145. The number of carbonyl (C=O) groups is 2. The molecule has 0 saturated heterocycles. The van der Waals surface area contributed by atoms with E-state index in [0.717, 1.165) is 0 Å². The predicted molar refractivity (Wildman–Crippen MR) is 62.7 cm³/mol. The highest BCUT2D eigenvalue weighted by Crippen LogP contribution is 2.33. The molecule has 0 radical (unpaired) electrons. The number of alkyl halides is 3. The molecular weight excluding hydrogens is 265 g/mol. The number of amides is 2. The number of carboxylic acid groups (broad SMARTS) is 1. The van der Waals surface area contributed by atoms with E-state index in [1.54, 1.807) is 26.1 Å². The Morgan fingerprint density at radius 2 is 1.63 bits per heavy atom. The van der Waals surface area contributed by atoms with Gasteiger partial charge in [-0.05, 0) is 11.8 Å². The zero-order chi connectivity index (χ0) is 15.5. The minimum Gasteiger partial charge on any atom is -0.465 e. The first-order valence-electron chi connectivity index (χ1n) is 5.72. The van der Waals surface area contributed by atoms with Crippen molar-refractivity contribution in [2.45, 2.75) is 45.8 Å². The molecule has 0 saturated carbocycles. The summed E-state index contributed by atoms with van der Waals surface area (Å²) in [6, 6.07) is 0. The van der Waals surface area contributed by atoms with Crippen molar-refractivity contribution in [3.8, 4) is 0 Å². The van der Waals surface area contributed by atoms with Crippen molar-refractivity contribution in [3.63, 3.8) is 0 Å². The van der Waals surface area contributed by atoms with Crippen molar-refractivity contribution in [2.24, 2.45) is 5.41 Å². The second-order valence-electron chi connectivity index (χ2n) is 5.24. The summed E-state index contributed by atoms with van der Waals surface area (Å²) < 4.78 is 36.3. The van der Waals surface area contributed by atoms with Crippen LogP contribution < -0.4 is 10.6 Å². The lowest BCUT2D eigenvalue weighted by Gasteiger charge is -2.42. The van der Waals surface area contributed by atoms with E-state index in [4.69, 9.17) is 5.11 Å². The van der Waals surface area contributed by atoms with Gasteiger partial charge in [-0.1, -0.05) is 27.7 Å². The Kier molecular flexibility index (Phi) is 5.23. The molecule has 0 aliphatic heterocycles. The highest BCUT2D eigenvalue weighted by Gasteiger charge is 2.49. The highest BCUT2D eigenvalue weighted by molar-refractivity contribution is 5.90. The van der Waals surface area contributed by atoms with E-state index < -0.39 is 35.7 Å². The first kappa shape index (κ1) is 17.5. The smallest absolute Gasteiger partial charge is 0.405 e. The van der Waals surface area contributed by atoms with Gasteiger partial charge in [0, 0.05) is 0 Å². The van der Waals surface area contributed by atoms with Crippen LogP contribution in [0.1, 0.15) is 34.1 Å². The van der Waals surface area contributed by atoms with Gasteiger partial charge in [0.1, 0.15) is 12.1 Å². The molecule has 8 heteroatoms. The van der Waals surface area contributed by atoms with Crippen LogP contribution in [0.2, 0.25) is 0 Å². The van der Waals surface area contributed by atoms with E-state index in [1.165, 1.54) is 6.92 Å². The molecule has 0 aromatic heterocycles. The summed E-state index contributed by atoms with van der Waals surface area (Å²) in [6.07, 6.45) is -5.97. The molecule has 0 spiro atoms. The van der Waals surface area contributed by atoms with Crippen LogP contribution in [0.4, 0.5) is 18.0 Å². The van der Waals surface area contributed by atoms with E-state index in [9.17, 15) is 22.8 Å². The zero-order valence-corrected chi connectivity index (χ0v) is 11.3. The molecule has 0 heterocycles. The average Bonchev–Trinajstić information content (AvgIpc) is 2.19. The van der Waals surface area contributed by atoms with Crippen LogP contribution in [0, 0.1) is 5.41 Å². The molecule has 112 valence electrons. The van der Waals surface area contributed by atoms with Gasteiger partial charge in [-0.3, -0.25) is 4.79 Å². The van der Waals surface area contributed by atoms with Gasteiger partial charge >= 0.3 is 12.3 Å². The van der Waals surface area contributed by atoms with Crippen LogP contribution in [0.5, 0.6) is 0 Å². The molecule has 0 rings (SSSR count). The van der Waals surface area contributed by atoms with Crippen LogP contribution in [0.15, 0.2) is 0 Å². The van der Waals surface area contributed by atoms with Crippen molar-refractivity contribution < 1.29 is 27.9 Å². The maximum atomic E-state index is 12.1. The van der Waals surface area contributed by atoms with Crippen LogP contribution in [0.25, 0.3) is 0 Å². The van der Waals surface area contributed by atoms with Gasteiger partial charge in [0.15, 0.2) is 0 Å². The fourth-order valence-corrected chi connectivity index (χ4v) is 1.88.